The van der Waals surface area contributed by atoms with Gasteiger partial charge in [0.25, 0.3) is 5.91 Å². The Kier molecular flexibility index (Phi) is 5.89. The Bertz CT molecular complexity index is 1240. The molecule has 2 aliphatic heterocycles. The predicted octanol–water partition coefficient (Wildman–Crippen LogP) is 1.12. The van der Waals surface area contributed by atoms with Crippen LogP contribution in [0, 0.1) is 6.92 Å². The standard InChI is InChI=1S/C25H32N6O3/c1-5-26-22(29-25(4)7-8-25)20-16(2)34-17(3)21(20)24(32)31-9-6-18-19(14-31)27-15-28-23(18)30-10-12-33-13-11-30/h5,15,29H,2,6-14H2,1,3-4H3/b22-20-,26-5-. The van der Waals surface area contributed by atoms with Gasteiger partial charge in [0.15, 0.2) is 0 Å². The lowest BCUT2D eigenvalue weighted by atomic mass is 10.0. The molecule has 1 aliphatic carbocycles. The summed E-state index contributed by atoms with van der Waals surface area (Å²) in [6.07, 6.45) is 6.17. The largest absolute Gasteiger partial charge is 0.461 e. The summed E-state index contributed by atoms with van der Waals surface area (Å²) in [7, 11) is 0. The van der Waals surface area contributed by atoms with Gasteiger partial charge in [-0.2, -0.15) is 0 Å². The third-order valence-electron chi connectivity index (χ3n) is 6.87. The maximum atomic E-state index is 13.8. The van der Waals surface area contributed by atoms with E-state index in [1.165, 1.54) is 0 Å². The van der Waals surface area contributed by atoms with Crippen molar-refractivity contribution >= 4 is 30.3 Å². The van der Waals surface area contributed by atoms with E-state index in [2.05, 4.69) is 38.7 Å². The second-order valence-corrected chi connectivity index (χ2v) is 9.45. The number of furan rings is 1. The number of ether oxygens (including phenoxy) is 1. The molecule has 5 rings (SSSR count). The maximum absolute atomic E-state index is 13.8. The quantitative estimate of drug-likeness (QED) is 0.663. The molecule has 9 nitrogen and oxygen atoms in total. The predicted molar refractivity (Wildman–Crippen MR) is 130 cm³/mol. The zero-order chi connectivity index (χ0) is 23.9. The second kappa shape index (κ2) is 8.87. The number of carbonyl (C=O) groups excluding carboxylic acids is 1. The molecule has 0 bridgehead atoms. The highest BCUT2D eigenvalue weighted by molar-refractivity contribution is 5.96. The molecule has 0 atom stereocenters. The van der Waals surface area contributed by atoms with Crippen LogP contribution < -0.4 is 20.9 Å². The van der Waals surface area contributed by atoms with Gasteiger partial charge in [0.2, 0.25) is 0 Å². The van der Waals surface area contributed by atoms with E-state index in [0.717, 1.165) is 43.0 Å². The molecule has 0 aromatic carbocycles. The molecule has 1 amide bonds. The normalized spacial score (nSPS) is 20.3. The SMILES string of the molecule is C=c1oc(C)c(C(=O)N2CCc3c(ncnc3N3CCOCC3)C2)/c1=C(/N=C\C)NC1(C)CC1. The lowest BCUT2D eigenvalue weighted by Gasteiger charge is -2.33. The molecule has 2 aromatic heterocycles. The molecule has 2 aromatic rings. The minimum atomic E-state index is -0.0881. The summed E-state index contributed by atoms with van der Waals surface area (Å²) in [4.78, 5) is 31.6. The Hall–Kier alpha value is -3.20. The van der Waals surface area contributed by atoms with E-state index < -0.39 is 0 Å². The zero-order valence-electron chi connectivity index (χ0n) is 20.2. The van der Waals surface area contributed by atoms with Crippen molar-refractivity contribution in [2.75, 3.05) is 37.7 Å². The summed E-state index contributed by atoms with van der Waals surface area (Å²) in [5.74, 6) is 2.08. The average molecular weight is 465 g/mol. The van der Waals surface area contributed by atoms with Crippen LogP contribution in [0.1, 0.15) is 54.1 Å². The number of nitrogens with one attached hydrogen (secondary N) is 1. The summed E-state index contributed by atoms with van der Waals surface area (Å²) >= 11 is 0. The maximum Gasteiger partial charge on any atom is 0.258 e. The first-order valence-electron chi connectivity index (χ1n) is 11.9. The van der Waals surface area contributed by atoms with Crippen LogP contribution in [0.5, 0.6) is 0 Å². The van der Waals surface area contributed by atoms with E-state index >= 15 is 0 Å². The van der Waals surface area contributed by atoms with E-state index in [-0.39, 0.29) is 11.4 Å². The van der Waals surface area contributed by atoms with Gasteiger partial charge >= 0.3 is 0 Å². The summed E-state index contributed by atoms with van der Waals surface area (Å²) in [5, 5.41) is 4.16. The summed E-state index contributed by atoms with van der Waals surface area (Å²) in [5.41, 5.74) is 2.99. The molecule has 4 heterocycles. The lowest BCUT2D eigenvalue weighted by molar-refractivity contribution is 0.0728. The van der Waals surface area contributed by atoms with Gasteiger partial charge in [-0.1, -0.05) is 6.58 Å². The lowest BCUT2D eigenvalue weighted by Crippen LogP contribution is -2.43. The van der Waals surface area contributed by atoms with Gasteiger partial charge in [0.05, 0.1) is 36.2 Å². The molecule has 1 saturated carbocycles. The number of aliphatic imine (C=N–C) groups is 1. The van der Waals surface area contributed by atoms with E-state index in [1.807, 2.05) is 18.7 Å². The third kappa shape index (κ3) is 4.20. The Morgan fingerprint density at radius 1 is 1.26 bits per heavy atom. The van der Waals surface area contributed by atoms with Gasteiger partial charge in [-0.05, 0) is 40.0 Å². The number of hydrogen-bond acceptors (Lipinski definition) is 8. The number of aromatic nitrogens is 2. The van der Waals surface area contributed by atoms with E-state index in [0.29, 0.717) is 60.5 Å². The van der Waals surface area contributed by atoms with Gasteiger partial charge in [-0.25, -0.2) is 15.0 Å². The molecule has 9 heteroatoms. The van der Waals surface area contributed by atoms with E-state index in [1.54, 1.807) is 12.5 Å². The third-order valence-corrected chi connectivity index (χ3v) is 6.87. The van der Waals surface area contributed by atoms with Crippen LogP contribution in [0.25, 0.3) is 12.4 Å². The Labute approximate surface area is 199 Å². The van der Waals surface area contributed by atoms with Crippen LogP contribution in [-0.2, 0) is 17.7 Å². The van der Waals surface area contributed by atoms with E-state index in [4.69, 9.17) is 9.15 Å². The Morgan fingerprint density at radius 2 is 2.03 bits per heavy atom. The Balaban J connectivity index is 1.48. The van der Waals surface area contributed by atoms with Crippen molar-refractivity contribution in [3.05, 3.63) is 39.5 Å². The fourth-order valence-corrected chi connectivity index (χ4v) is 4.71. The minimum Gasteiger partial charge on any atom is -0.461 e. The van der Waals surface area contributed by atoms with Crippen LogP contribution >= 0.6 is 0 Å². The van der Waals surface area contributed by atoms with Gasteiger partial charge < -0.3 is 24.3 Å². The summed E-state index contributed by atoms with van der Waals surface area (Å²) in [6, 6.07) is 0. The Morgan fingerprint density at radius 3 is 2.74 bits per heavy atom. The van der Waals surface area contributed by atoms with Crippen molar-refractivity contribution in [2.24, 2.45) is 4.99 Å². The number of fused-ring (bicyclic) bond motifs is 1. The zero-order valence-corrected chi connectivity index (χ0v) is 20.2. The summed E-state index contributed by atoms with van der Waals surface area (Å²) in [6.45, 7) is 14.0. The molecule has 1 N–H and O–H groups in total. The minimum absolute atomic E-state index is 0.00332. The highest BCUT2D eigenvalue weighted by Gasteiger charge is 2.38. The molecule has 2 fully saturated rings. The van der Waals surface area contributed by atoms with Crippen LogP contribution in [0.2, 0.25) is 0 Å². The van der Waals surface area contributed by atoms with Crippen molar-refractivity contribution in [1.82, 2.24) is 20.2 Å². The highest BCUT2D eigenvalue weighted by Crippen LogP contribution is 2.35. The van der Waals surface area contributed by atoms with Crippen LogP contribution in [0.4, 0.5) is 5.82 Å². The fourth-order valence-electron chi connectivity index (χ4n) is 4.71. The van der Waals surface area contributed by atoms with Gasteiger partial charge in [0, 0.05) is 37.0 Å². The monoisotopic (exact) mass is 464 g/mol. The number of hydrogen-bond donors (Lipinski definition) is 1. The van der Waals surface area contributed by atoms with Crippen LogP contribution in [0.15, 0.2) is 15.7 Å². The van der Waals surface area contributed by atoms with Crippen molar-refractivity contribution in [3.8, 4) is 0 Å². The molecule has 0 spiro atoms. The number of anilines is 1. The van der Waals surface area contributed by atoms with E-state index in [9.17, 15) is 4.79 Å². The number of carbonyl (C=O) groups is 1. The second-order valence-electron chi connectivity index (χ2n) is 9.45. The number of aryl methyl sites for hydroxylation is 1. The summed E-state index contributed by atoms with van der Waals surface area (Å²) < 4.78 is 11.3. The molecule has 1 saturated heterocycles. The van der Waals surface area contributed by atoms with Crippen molar-refractivity contribution in [1.29, 1.82) is 0 Å². The van der Waals surface area contributed by atoms with Crippen LogP contribution in [-0.4, -0.2) is 65.4 Å². The molecule has 180 valence electrons. The topological polar surface area (TPSA) is 96.1 Å². The fraction of sp³-hybridized carbons (Fsp3) is 0.520. The highest BCUT2D eigenvalue weighted by atomic mass is 16.5. The van der Waals surface area contributed by atoms with Crippen molar-refractivity contribution < 1.29 is 13.9 Å². The van der Waals surface area contributed by atoms with Crippen molar-refractivity contribution in [3.63, 3.8) is 0 Å². The number of morpholine rings is 1. The first-order chi connectivity index (χ1) is 16.4. The molecule has 3 aliphatic rings. The number of amides is 1. The average Bonchev–Trinajstić information content (AvgIpc) is 3.49. The molecular weight excluding hydrogens is 432 g/mol. The first-order valence-corrected chi connectivity index (χ1v) is 11.9. The molecule has 0 radical (unpaired) electrons. The molecular formula is C25H32N6O3. The molecule has 0 unspecified atom stereocenters. The van der Waals surface area contributed by atoms with Gasteiger partial charge in [-0.3, -0.25) is 4.79 Å². The number of rotatable bonds is 5. The smallest absolute Gasteiger partial charge is 0.258 e. The van der Waals surface area contributed by atoms with Crippen molar-refractivity contribution in [2.45, 2.75) is 52.1 Å². The van der Waals surface area contributed by atoms with Gasteiger partial charge in [0.1, 0.15) is 29.1 Å². The van der Waals surface area contributed by atoms with Gasteiger partial charge in [-0.15, -0.1) is 0 Å². The van der Waals surface area contributed by atoms with Crippen LogP contribution in [0.3, 0.4) is 0 Å². The molecule has 34 heavy (non-hydrogen) atoms. The first kappa shape index (κ1) is 22.6. The number of nitrogens with zero attached hydrogens (tertiary/aromatic N) is 5.